The molecule has 0 unspecified atom stereocenters. The summed E-state index contributed by atoms with van der Waals surface area (Å²) in [6.45, 7) is 5.07. The monoisotopic (exact) mass is 418 g/mol. The molecule has 0 aliphatic heterocycles. The Morgan fingerprint density at radius 2 is 1.97 bits per heavy atom. The molecular weight excluding hydrogens is 388 g/mol. The maximum atomic E-state index is 12.1. The average molecular weight is 419 g/mol. The number of nitrogens with zero attached hydrogens (tertiary/aromatic N) is 1. The first-order valence-corrected chi connectivity index (χ1v) is 10.9. The van der Waals surface area contributed by atoms with Gasteiger partial charge in [-0.15, -0.1) is 0 Å². The second-order valence-corrected chi connectivity index (χ2v) is 8.29. The SMILES string of the molecule is COc1cccc(Cn2c(C)c(CN[C@H]3CCCc4ccccc43)c(C(=O)O)c2C)c1. The number of hydrogen-bond acceptors (Lipinski definition) is 3. The molecule has 2 N–H and O–H groups in total. The predicted molar refractivity (Wildman–Crippen MR) is 122 cm³/mol. The fourth-order valence-electron chi connectivity index (χ4n) is 4.83. The summed E-state index contributed by atoms with van der Waals surface area (Å²) in [5, 5.41) is 13.6. The van der Waals surface area contributed by atoms with E-state index < -0.39 is 5.97 Å². The minimum absolute atomic E-state index is 0.257. The van der Waals surface area contributed by atoms with Crippen LogP contribution in [0.1, 0.15) is 62.9 Å². The molecule has 0 saturated heterocycles. The summed E-state index contributed by atoms with van der Waals surface area (Å²) in [5.74, 6) is -0.0675. The van der Waals surface area contributed by atoms with Gasteiger partial charge in [0.05, 0.1) is 12.7 Å². The van der Waals surface area contributed by atoms with Gasteiger partial charge in [0.15, 0.2) is 0 Å². The summed E-state index contributed by atoms with van der Waals surface area (Å²) in [6, 6.07) is 16.7. The lowest BCUT2D eigenvalue weighted by Crippen LogP contribution is -2.25. The number of benzene rings is 2. The smallest absolute Gasteiger partial charge is 0.337 e. The van der Waals surface area contributed by atoms with Crippen LogP contribution in [0.2, 0.25) is 0 Å². The lowest BCUT2D eigenvalue weighted by Gasteiger charge is -2.26. The van der Waals surface area contributed by atoms with Gasteiger partial charge in [0.2, 0.25) is 0 Å². The highest BCUT2D eigenvalue weighted by atomic mass is 16.5. The van der Waals surface area contributed by atoms with E-state index in [4.69, 9.17) is 4.74 Å². The van der Waals surface area contributed by atoms with Crippen LogP contribution in [-0.2, 0) is 19.5 Å². The Kier molecular flexibility index (Phi) is 6.14. The Hall–Kier alpha value is -3.05. The van der Waals surface area contributed by atoms with Crippen molar-refractivity contribution in [3.05, 3.63) is 87.7 Å². The highest BCUT2D eigenvalue weighted by Gasteiger charge is 2.25. The molecule has 1 heterocycles. The molecule has 0 bridgehead atoms. The maximum absolute atomic E-state index is 12.1. The number of carboxylic acids is 1. The van der Waals surface area contributed by atoms with E-state index in [1.807, 2.05) is 38.1 Å². The first kappa shape index (κ1) is 21.2. The number of aromatic carboxylic acids is 1. The van der Waals surface area contributed by atoms with Gasteiger partial charge in [0.25, 0.3) is 0 Å². The summed E-state index contributed by atoms with van der Waals surface area (Å²) < 4.78 is 7.44. The molecule has 31 heavy (non-hydrogen) atoms. The van der Waals surface area contributed by atoms with Gasteiger partial charge in [-0.05, 0) is 61.9 Å². The maximum Gasteiger partial charge on any atom is 0.337 e. The number of carbonyl (C=O) groups is 1. The molecule has 4 rings (SSSR count). The van der Waals surface area contributed by atoms with Crippen molar-refractivity contribution >= 4 is 5.97 Å². The Balaban J connectivity index is 1.62. The van der Waals surface area contributed by atoms with Crippen molar-refractivity contribution < 1.29 is 14.6 Å². The molecule has 5 heteroatoms. The molecule has 1 aliphatic carbocycles. The Labute approximate surface area is 183 Å². The molecule has 5 nitrogen and oxygen atoms in total. The van der Waals surface area contributed by atoms with Gasteiger partial charge in [0.1, 0.15) is 5.75 Å². The van der Waals surface area contributed by atoms with E-state index in [0.29, 0.717) is 18.7 Å². The molecule has 0 amide bonds. The number of aromatic nitrogens is 1. The zero-order valence-electron chi connectivity index (χ0n) is 18.4. The standard InChI is InChI=1S/C26H30N2O3/c1-17-23(15-27-24-13-7-10-20-9-4-5-12-22(20)24)25(26(29)30)18(2)28(17)16-19-8-6-11-21(14-19)31-3/h4-6,8-9,11-12,14,24,27H,7,10,13,15-16H2,1-3H3,(H,29,30)/t24-/m0/s1. The topological polar surface area (TPSA) is 63.5 Å². The fraction of sp³-hybridized carbons (Fsp3) is 0.346. The van der Waals surface area contributed by atoms with Crippen molar-refractivity contribution in [1.82, 2.24) is 9.88 Å². The average Bonchev–Trinajstić information content (AvgIpc) is 3.02. The van der Waals surface area contributed by atoms with Crippen LogP contribution < -0.4 is 10.1 Å². The molecule has 0 fully saturated rings. The molecule has 0 radical (unpaired) electrons. The molecule has 162 valence electrons. The third-order valence-corrected chi connectivity index (χ3v) is 6.49. The molecule has 1 aromatic heterocycles. The van der Waals surface area contributed by atoms with Gasteiger partial charge in [-0.3, -0.25) is 0 Å². The minimum atomic E-state index is -0.870. The Bertz CT molecular complexity index is 1100. The van der Waals surface area contributed by atoms with Crippen molar-refractivity contribution in [3.63, 3.8) is 0 Å². The number of hydrogen-bond donors (Lipinski definition) is 2. The number of aryl methyl sites for hydroxylation is 1. The number of methoxy groups -OCH3 is 1. The van der Waals surface area contributed by atoms with Crippen LogP contribution in [0.15, 0.2) is 48.5 Å². The first-order chi connectivity index (χ1) is 15.0. The van der Waals surface area contributed by atoms with Crippen LogP contribution >= 0.6 is 0 Å². The van der Waals surface area contributed by atoms with Crippen LogP contribution in [0.25, 0.3) is 0 Å². The molecule has 1 atom stereocenters. The van der Waals surface area contributed by atoms with Crippen molar-refractivity contribution in [1.29, 1.82) is 0 Å². The Morgan fingerprint density at radius 3 is 2.74 bits per heavy atom. The zero-order chi connectivity index (χ0) is 22.0. The van der Waals surface area contributed by atoms with Gasteiger partial charge in [-0.1, -0.05) is 36.4 Å². The summed E-state index contributed by atoms with van der Waals surface area (Å²) in [4.78, 5) is 12.1. The summed E-state index contributed by atoms with van der Waals surface area (Å²) in [7, 11) is 1.65. The number of ether oxygens (including phenoxy) is 1. The summed E-state index contributed by atoms with van der Waals surface area (Å²) in [6.07, 6.45) is 3.33. The lowest BCUT2D eigenvalue weighted by molar-refractivity contribution is 0.0694. The van der Waals surface area contributed by atoms with Crippen LogP contribution in [0.5, 0.6) is 5.75 Å². The van der Waals surface area contributed by atoms with Gasteiger partial charge >= 0.3 is 5.97 Å². The van der Waals surface area contributed by atoms with E-state index in [0.717, 1.165) is 47.5 Å². The second kappa shape index (κ2) is 8.98. The van der Waals surface area contributed by atoms with Gasteiger partial charge in [0, 0.05) is 36.1 Å². The molecule has 0 spiro atoms. The number of fused-ring (bicyclic) bond motifs is 1. The van der Waals surface area contributed by atoms with Crippen LogP contribution in [-0.4, -0.2) is 22.8 Å². The van der Waals surface area contributed by atoms with Crippen LogP contribution in [0.3, 0.4) is 0 Å². The second-order valence-electron chi connectivity index (χ2n) is 8.29. The molecule has 2 aromatic carbocycles. The third kappa shape index (κ3) is 4.23. The van der Waals surface area contributed by atoms with Crippen molar-refractivity contribution in [2.24, 2.45) is 0 Å². The molecular formula is C26H30N2O3. The highest BCUT2D eigenvalue weighted by Crippen LogP contribution is 2.31. The Morgan fingerprint density at radius 1 is 1.16 bits per heavy atom. The first-order valence-electron chi connectivity index (χ1n) is 10.9. The normalized spacial score (nSPS) is 15.5. The van der Waals surface area contributed by atoms with Gasteiger partial charge in [-0.2, -0.15) is 0 Å². The predicted octanol–water partition coefficient (Wildman–Crippen LogP) is 5.03. The van der Waals surface area contributed by atoms with Gasteiger partial charge < -0.3 is 19.7 Å². The van der Waals surface area contributed by atoms with Crippen LogP contribution in [0, 0.1) is 13.8 Å². The van der Waals surface area contributed by atoms with E-state index in [1.54, 1.807) is 7.11 Å². The minimum Gasteiger partial charge on any atom is -0.497 e. The van der Waals surface area contributed by atoms with Crippen LogP contribution in [0.4, 0.5) is 0 Å². The largest absolute Gasteiger partial charge is 0.497 e. The van der Waals surface area contributed by atoms with E-state index >= 15 is 0 Å². The third-order valence-electron chi connectivity index (χ3n) is 6.49. The quantitative estimate of drug-likeness (QED) is 0.565. The van der Waals surface area contributed by atoms with E-state index in [1.165, 1.54) is 11.1 Å². The number of nitrogens with one attached hydrogen (secondary N) is 1. The van der Waals surface area contributed by atoms with Crippen molar-refractivity contribution in [2.45, 2.75) is 52.2 Å². The molecule has 0 saturated carbocycles. The van der Waals surface area contributed by atoms with E-state index in [9.17, 15) is 9.90 Å². The molecule has 1 aliphatic rings. The highest BCUT2D eigenvalue weighted by molar-refractivity contribution is 5.91. The fourth-order valence-corrected chi connectivity index (χ4v) is 4.83. The van der Waals surface area contributed by atoms with E-state index in [2.05, 4.69) is 34.1 Å². The van der Waals surface area contributed by atoms with Gasteiger partial charge in [-0.25, -0.2) is 4.79 Å². The van der Waals surface area contributed by atoms with E-state index in [-0.39, 0.29) is 6.04 Å². The number of carboxylic acid groups (broad SMARTS) is 1. The van der Waals surface area contributed by atoms with Crippen molar-refractivity contribution in [2.75, 3.05) is 7.11 Å². The summed E-state index contributed by atoms with van der Waals surface area (Å²) in [5.41, 5.74) is 6.89. The van der Waals surface area contributed by atoms with Crippen molar-refractivity contribution in [3.8, 4) is 5.75 Å². The zero-order valence-corrected chi connectivity index (χ0v) is 18.4. The summed E-state index contributed by atoms with van der Waals surface area (Å²) >= 11 is 0. The number of rotatable bonds is 7. The molecule has 3 aromatic rings. The lowest BCUT2D eigenvalue weighted by atomic mass is 9.87.